The predicted octanol–water partition coefficient (Wildman–Crippen LogP) is 2.21. The molecule has 0 bridgehead atoms. The van der Waals surface area contributed by atoms with Crippen molar-refractivity contribution in [1.82, 2.24) is 102 Å². The van der Waals surface area contributed by atoms with Gasteiger partial charge in [0.05, 0.1) is 0 Å². The maximum Gasteiger partial charge on any atom is 0.248 e. The van der Waals surface area contributed by atoms with Gasteiger partial charge in [-0.1, -0.05) is 55.4 Å². The largest absolute Gasteiger partial charge is 0.341 e. The second-order valence-corrected chi connectivity index (χ2v) is 18.9. The van der Waals surface area contributed by atoms with E-state index in [2.05, 4.69) is 83.4 Å². The summed E-state index contributed by atoms with van der Waals surface area (Å²) in [5, 5.41) is 59.1. The monoisotopic (exact) mass is 893 g/mol. The van der Waals surface area contributed by atoms with Crippen LogP contribution in [-0.4, -0.2) is 104 Å². The van der Waals surface area contributed by atoms with E-state index in [4.69, 9.17) is 0 Å². The van der Waals surface area contributed by atoms with Crippen LogP contribution < -0.4 is 21.3 Å². The molecule has 4 amide bonds. The molecule has 352 valence electrons. The van der Waals surface area contributed by atoms with Crippen molar-refractivity contribution in [2.45, 2.75) is 206 Å². The fraction of sp³-hybridized carbons (Fsp3) is 0.800. The summed E-state index contributed by atoms with van der Waals surface area (Å²) in [6.07, 6.45) is 6.27. The first-order valence-electron chi connectivity index (χ1n) is 22.4. The first kappa shape index (κ1) is 49.2. The maximum atomic E-state index is 12.1. The molecule has 4 aliphatic heterocycles. The van der Waals surface area contributed by atoms with Crippen molar-refractivity contribution in [2.24, 2.45) is 0 Å². The number of tetrazole rings is 4. The third kappa shape index (κ3) is 7.58. The first-order chi connectivity index (χ1) is 29.9. The number of amides is 4. The topological polar surface area (TPSA) is 291 Å². The highest BCUT2D eigenvalue weighted by molar-refractivity contribution is 5.87. The van der Waals surface area contributed by atoms with Crippen LogP contribution in [0, 0.1) is 0 Å². The molecule has 8 heterocycles. The predicted molar refractivity (Wildman–Crippen MR) is 230 cm³/mol. The Labute approximate surface area is 374 Å². The van der Waals surface area contributed by atoms with Crippen LogP contribution in [0.2, 0.25) is 0 Å². The zero-order valence-electron chi connectivity index (χ0n) is 40.4. The molecule has 4 aromatic rings. The fourth-order valence-electron chi connectivity index (χ4n) is 8.51. The van der Waals surface area contributed by atoms with Gasteiger partial charge in [0.1, 0.15) is 44.3 Å². The van der Waals surface area contributed by atoms with Gasteiger partial charge in [-0.3, -0.25) is 19.2 Å². The lowest BCUT2D eigenvalue weighted by Crippen LogP contribution is -2.60. The summed E-state index contributed by atoms with van der Waals surface area (Å²) >= 11 is 0. The Bertz CT molecular complexity index is 2000. The number of nitrogens with zero attached hydrogens (tertiary/aromatic N) is 16. The van der Waals surface area contributed by atoms with Crippen LogP contribution in [0.4, 0.5) is 0 Å². The Morgan fingerprint density at radius 3 is 0.625 bits per heavy atom. The third-order valence-corrected chi connectivity index (χ3v) is 14.2. The number of hydrogen-bond donors (Lipinski definition) is 4. The maximum absolute atomic E-state index is 12.1. The van der Waals surface area contributed by atoms with Crippen LogP contribution in [0.5, 0.6) is 0 Å². The van der Waals surface area contributed by atoms with E-state index in [1.165, 1.54) is 0 Å². The number of fused-ring (bicyclic) bond motifs is 4. The van der Waals surface area contributed by atoms with Gasteiger partial charge in [0, 0.05) is 0 Å². The highest BCUT2D eigenvalue weighted by Crippen LogP contribution is 2.38. The first-order valence-corrected chi connectivity index (χ1v) is 22.4. The highest BCUT2D eigenvalue weighted by Gasteiger charge is 2.52. The van der Waals surface area contributed by atoms with Gasteiger partial charge in [-0.25, -0.2) is 18.7 Å². The van der Waals surface area contributed by atoms with Crippen LogP contribution in [0.3, 0.4) is 0 Å². The molecule has 8 rings (SSSR count). The van der Waals surface area contributed by atoms with Crippen molar-refractivity contribution >= 4 is 23.6 Å². The van der Waals surface area contributed by atoms with Crippen LogP contribution in [0.1, 0.15) is 185 Å². The van der Waals surface area contributed by atoms with Gasteiger partial charge in [-0.15, -0.1) is 20.4 Å². The van der Waals surface area contributed by atoms with Crippen molar-refractivity contribution in [3.63, 3.8) is 0 Å². The average Bonchev–Trinajstić information content (AvgIpc) is 4.13. The van der Waals surface area contributed by atoms with Gasteiger partial charge < -0.3 is 21.3 Å². The Morgan fingerprint density at radius 2 is 0.484 bits per heavy atom. The van der Waals surface area contributed by atoms with E-state index in [1.54, 1.807) is 18.7 Å². The fourth-order valence-corrected chi connectivity index (χ4v) is 8.51. The van der Waals surface area contributed by atoms with Crippen molar-refractivity contribution in [2.75, 3.05) is 0 Å². The molecular weight excluding hydrogens is 825 g/mol. The van der Waals surface area contributed by atoms with Gasteiger partial charge in [0.25, 0.3) is 0 Å². The number of hydrogen-bond acceptors (Lipinski definition) is 16. The third-order valence-electron chi connectivity index (χ3n) is 14.2. The van der Waals surface area contributed by atoms with Gasteiger partial charge in [-0.05, 0) is 148 Å². The number of carbonyl (C=O) groups is 4. The summed E-state index contributed by atoms with van der Waals surface area (Å²) in [4.78, 5) is 48.3. The van der Waals surface area contributed by atoms with Crippen molar-refractivity contribution in [1.29, 1.82) is 0 Å². The summed E-state index contributed by atoms with van der Waals surface area (Å²) in [5.41, 5.74) is -4.54. The summed E-state index contributed by atoms with van der Waals surface area (Å²) in [6.45, 7) is 30.8. The van der Waals surface area contributed by atoms with Crippen LogP contribution in [0.25, 0.3) is 0 Å². The quantitative estimate of drug-likeness (QED) is 0.197. The van der Waals surface area contributed by atoms with Gasteiger partial charge in [0.2, 0.25) is 23.6 Å². The molecule has 0 saturated carbocycles. The lowest BCUT2D eigenvalue weighted by molar-refractivity contribution is -0.134. The molecule has 0 aliphatic carbocycles. The molecule has 0 unspecified atom stereocenters. The lowest BCUT2D eigenvalue weighted by Gasteiger charge is -2.41. The Hall–Kier alpha value is -5.84. The van der Waals surface area contributed by atoms with Crippen LogP contribution in [0.15, 0.2) is 0 Å². The molecule has 4 N–H and O–H groups in total. The van der Waals surface area contributed by atoms with Crippen LogP contribution >= 0.6 is 0 Å². The van der Waals surface area contributed by atoms with Gasteiger partial charge in [0.15, 0.2) is 23.3 Å². The van der Waals surface area contributed by atoms with E-state index in [0.29, 0.717) is 0 Å². The van der Waals surface area contributed by atoms with E-state index < -0.39 is 44.3 Å². The van der Waals surface area contributed by atoms with Crippen molar-refractivity contribution in [3.05, 3.63) is 23.3 Å². The normalized spacial score (nSPS) is 21.4. The summed E-state index contributed by atoms with van der Waals surface area (Å²) in [6, 6.07) is 0. The Kier molecular flexibility index (Phi) is 13.3. The molecule has 4 aliphatic rings. The Balaban J connectivity index is 0.000000161. The molecule has 24 nitrogen and oxygen atoms in total. The zero-order chi connectivity index (χ0) is 47.9. The lowest BCUT2D eigenvalue weighted by atomic mass is 9.86. The summed E-state index contributed by atoms with van der Waals surface area (Å²) < 4.78 is 6.55. The standard InChI is InChI=1S/4C10H17N5O/c4*1-5-10(6-2)7-12-13-14-15(7)9(3,4)8(16)11-10/h4*5-6H2,1-4H3,(H,11,16). The van der Waals surface area contributed by atoms with Crippen molar-refractivity contribution in [3.8, 4) is 0 Å². The van der Waals surface area contributed by atoms with Gasteiger partial charge in [-0.2, -0.15) is 0 Å². The minimum Gasteiger partial charge on any atom is -0.341 e. The van der Waals surface area contributed by atoms with E-state index in [0.717, 1.165) is 74.7 Å². The molecule has 0 spiro atoms. The van der Waals surface area contributed by atoms with Crippen LogP contribution in [-0.2, 0) is 63.5 Å². The minimum absolute atomic E-state index is 0.0315. The number of nitrogens with one attached hydrogen (secondary N) is 4. The van der Waals surface area contributed by atoms with Crippen molar-refractivity contribution < 1.29 is 19.2 Å². The van der Waals surface area contributed by atoms with Gasteiger partial charge >= 0.3 is 0 Å². The van der Waals surface area contributed by atoms with E-state index in [9.17, 15) is 19.2 Å². The number of carbonyl (C=O) groups excluding carboxylic acids is 4. The zero-order valence-corrected chi connectivity index (χ0v) is 40.4. The van der Waals surface area contributed by atoms with E-state index in [1.807, 2.05) is 111 Å². The Morgan fingerprint density at radius 1 is 0.328 bits per heavy atom. The number of aromatic nitrogens is 16. The molecule has 64 heavy (non-hydrogen) atoms. The highest BCUT2D eigenvalue weighted by atomic mass is 16.2. The molecule has 0 fully saturated rings. The summed E-state index contributed by atoms with van der Waals surface area (Å²) in [7, 11) is 0. The van der Waals surface area contributed by atoms with E-state index >= 15 is 0 Å². The molecule has 0 radical (unpaired) electrons. The molecule has 0 saturated heterocycles. The molecule has 0 aromatic carbocycles. The second-order valence-electron chi connectivity index (χ2n) is 18.9. The molecule has 4 aromatic heterocycles. The SMILES string of the molecule is CCC1(CC)NC(=O)C(C)(C)n2nnnc21.CCC1(CC)NC(=O)C(C)(C)n2nnnc21.CCC1(CC)NC(=O)C(C)(C)n2nnnc21.CCC1(CC)NC(=O)C(C)(C)n2nnnc21. The number of rotatable bonds is 8. The minimum atomic E-state index is -0.716. The molecular formula is C40H68N20O4. The summed E-state index contributed by atoms with van der Waals surface area (Å²) in [5.74, 6) is 2.88. The average molecular weight is 893 g/mol. The smallest absolute Gasteiger partial charge is 0.248 e. The second kappa shape index (κ2) is 17.3. The molecule has 24 heteroatoms. The van der Waals surface area contributed by atoms with E-state index in [-0.39, 0.29) is 23.6 Å². The molecule has 0 atom stereocenters.